The average Bonchev–Trinajstić information content (AvgIpc) is 2.30. The third-order valence-electron chi connectivity index (χ3n) is 2.12. The number of hydrogen-bond acceptors (Lipinski definition) is 2. The van der Waals surface area contributed by atoms with Crippen LogP contribution in [0.25, 0.3) is 11.1 Å². The summed E-state index contributed by atoms with van der Waals surface area (Å²) in [6.45, 7) is 0. The van der Waals surface area contributed by atoms with Gasteiger partial charge in [-0.1, -0.05) is 30.3 Å². The monoisotopic (exact) mass is 198 g/mol. The summed E-state index contributed by atoms with van der Waals surface area (Å²) in [5.74, 6) is 0. The Hall–Kier alpha value is -2.16. The standard InChI is InChI=1S/C12H8NO2/c14-13(15)12-9-5-4-8-11(12)10-6-2-1-3-7-10/h1-2,4-9H. The van der Waals surface area contributed by atoms with Crippen molar-refractivity contribution >= 4 is 5.69 Å². The molecule has 0 atom stereocenters. The Kier molecular flexibility index (Phi) is 2.46. The SMILES string of the molecule is O=[N+]([O-])c1ccccc1-c1c[c]ccc1. The molecule has 0 amide bonds. The Morgan fingerprint density at radius 3 is 2.60 bits per heavy atom. The highest BCUT2D eigenvalue weighted by Crippen LogP contribution is 2.28. The van der Waals surface area contributed by atoms with Crippen molar-refractivity contribution in [3.63, 3.8) is 0 Å². The van der Waals surface area contributed by atoms with Crippen molar-refractivity contribution in [2.75, 3.05) is 0 Å². The molecule has 2 aromatic carbocycles. The first-order valence-electron chi connectivity index (χ1n) is 4.49. The lowest BCUT2D eigenvalue weighted by atomic mass is 10.0. The first-order valence-corrected chi connectivity index (χ1v) is 4.49. The fraction of sp³-hybridized carbons (Fsp3) is 0. The second kappa shape index (κ2) is 3.92. The van der Waals surface area contributed by atoms with Crippen molar-refractivity contribution in [1.82, 2.24) is 0 Å². The molecule has 0 heterocycles. The van der Waals surface area contributed by atoms with E-state index >= 15 is 0 Å². The average molecular weight is 198 g/mol. The van der Waals surface area contributed by atoms with Crippen LogP contribution in [0.15, 0.2) is 48.5 Å². The van der Waals surface area contributed by atoms with Crippen molar-refractivity contribution in [2.45, 2.75) is 0 Å². The number of nitrogens with zero attached hydrogens (tertiary/aromatic N) is 1. The molecule has 2 aromatic rings. The van der Waals surface area contributed by atoms with E-state index in [9.17, 15) is 10.1 Å². The Bertz CT molecular complexity index is 480. The third kappa shape index (κ3) is 1.86. The summed E-state index contributed by atoms with van der Waals surface area (Å²) in [5, 5.41) is 10.8. The zero-order valence-electron chi connectivity index (χ0n) is 7.88. The molecule has 0 saturated carbocycles. The summed E-state index contributed by atoms with van der Waals surface area (Å²) >= 11 is 0. The maximum absolute atomic E-state index is 10.8. The van der Waals surface area contributed by atoms with Gasteiger partial charge in [0.2, 0.25) is 0 Å². The molecule has 3 heteroatoms. The predicted octanol–water partition coefficient (Wildman–Crippen LogP) is 3.06. The quantitative estimate of drug-likeness (QED) is 0.549. The lowest BCUT2D eigenvalue weighted by molar-refractivity contribution is -0.384. The van der Waals surface area contributed by atoms with Crippen LogP contribution in [0, 0.1) is 16.2 Å². The largest absolute Gasteiger partial charge is 0.277 e. The number of rotatable bonds is 2. The van der Waals surface area contributed by atoms with Gasteiger partial charge in [-0.2, -0.15) is 0 Å². The number of benzene rings is 2. The van der Waals surface area contributed by atoms with Crippen LogP contribution in [0.2, 0.25) is 0 Å². The number of para-hydroxylation sites is 1. The molecule has 0 saturated heterocycles. The van der Waals surface area contributed by atoms with Gasteiger partial charge in [-0.3, -0.25) is 10.1 Å². The zero-order valence-corrected chi connectivity index (χ0v) is 7.88. The second-order valence-corrected chi connectivity index (χ2v) is 3.07. The van der Waals surface area contributed by atoms with Crippen LogP contribution in [0.1, 0.15) is 0 Å². The van der Waals surface area contributed by atoms with E-state index in [1.54, 1.807) is 30.3 Å². The van der Waals surface area contributed by atoms with Crippen LogP contribution in [0.5, 0.6) is 0 Å². The predicted molar refractivity (Wildman–Crippen MR) is 57.4 cm³/mol. The van der Waals surface area contributed by atoms with E-state index in [0.717, 1.165) is 5.56 Å². The molecule has 0 bridgehead atoms. The van der Waals surface area contributed by atoms with Gasteiger partial charge in [0, 0.05) is 6.07 Å². The van der Waals surface area contributed by atoms with Crippen molar-refractivity contribution in [3.05, 3.63) is 64.7 Å². The number of hydrogen-bond donors (Lipinski definition) is 0. The van der Waals surface area contributed by atoms with E-state index in [2.05, 4.69) is 6.07 Å². The minimum atomic E-state index is -0.373. The summed E-state index contributed by atoms with van der Waals surface area (Å²) in [4.78, 5) is 10.4. The van der Waals surface area contributed by atoms with Gasteiger partial charge in [-0.25, -0.2) is 0 Å². The fourth-order valence-corrected chi connectivity index (χ4v) is 1.44. The minimum Gasteiger partial charge on any atom is -0.258 e. The van der Waals surface area contributed by atoms with Crippen LogP contribution >= 0.6 is 0 Å². The molecule has 0 aliphatic rings. The van der Waals surface area contributed by atoms with Gasteiger partial charge in [0.1, 0.15) is 0 Å². The van der Waals surface area contributed by atoms with Crippen LogP contribution < -0.4 is 0 Å². The molecule has 0 aliphatic heterocycles. The first kappa shape index (κ1) is 9.40. The van der Waals surface area contributed by atoms with Crippen LogP contribution in [0.4, 0.5) is 5.69 Å². The van der Waals surface area contributed by atoms with Gasteiger partial charge in [0.15, 0.2) is 0 Å². The van der Waals surface area contributed by atoms with E-state index in [0.29, 0.717) is 5.56 Å². The zero-order chi connectivity index (χ0) is 10.7. The summed E-state index contributed by atoms with van der Waals surface area (Å²) < 4.78 is 0. The van der Waals surface area contributed by atoms with Gasteiger partial charge >= 0.3 is 0 Å². The Morgan fingerprint density at radius 1 is 1.13 bits per heavy atom. The van der Waals surface area contributed by atoms with Crippen molar-refractivity contribution in [1.29, 1.82) is 0 Å². The topological polar surface area (TPSA) is 43.1 Å². The van der Waals surface area contributed by atoms with Gasteiger partial charge in [-0.15, -0.1) is 0 Å². The molecule has 2 rings (SSSR count). The molecule has 0 spiro atoms. The van der Waals surface area contributed by atoms with E-state index in [4.69, 9.17) is 0 Å². The lowest BCUT2D eigenvalue weighted by Gasteiger charge is -2.01. The smallest absolute Gasteiger partial charge is 0.258 e. The van der Waals surface area contributed by atoms with E-state index < -0.39 is 0 Å². The molecular weight excluding hydrogens is 190 g/mol. The summed E-state index contributed by atoms with van der Waals surface area (Å²) in [6, 6.07) is 16.7. The van der Waals surface area contributed by atoms with Crippen molar-refractivity contribution in [3.8, 4) is 11.1 Å². The normalized spacial score (nSPS) is 9.87. The van der Waals surface area contributed by atoms with Crippen LogP contribution in [0.3, 0.4) is 0 Å². The molecule has 0 aromatic heterocycles. The van der Waals surface area contributed by atoms with E-state index in [1.165, 1.54) is 6.07 Å². The third-order valence-corrected chi connectivity index (χ3v) is 2.12. The molecule has 3 nitrogen and oxygen atoms in total. The Balaban J connectivity index is 2.58. The first-order chi connectivity index (χ1) is 7.29. The molecule has 0 aliphatic carbocycles. The summed E-state index contributed by atoms with van der Waals surface area (Å²) in [5.41, 5.74) is 1.56. The molecule has 0 fully saturated rings. The molecule has 1 radical (unpaired) electrons. The van der Waals surface area contributed by atoms with Gasteiger partial charge < -0.3 is 0 Å². The fourth-order valence-electron chi connectivity index (χ4n) is 1.44. The molecule has 0 N–H and O–H groups in total. The van der Waals surface area contributed by atoms with Gasteiger partial charge in [0.25, 0.3) is 5.69 Å². The number of nitro benzene ring substituents is 1. The molecule has 15 heavy (non-hydrogen) atoms. The summed E-state index contributed by atoms with van der Waals surface area (Å²) in [7, 11) is 0. The van der Waals surface area contributed by atoms with Crippen LogP contribution in [-0.4, -0.2) is 4.92 Å². The lowest BCUT2D eigenvalue weighted by Crippen LogP contribution is -1.90. The number of nitro groups is 1. The highest BCUT2D eigenvalue weighted by molar-refractivity contribution is 5.73. The molecular formula is C12H8NO2. The second-order valence-electron chi connectivity index (χ2n) is 3.07. The summed E-state index contributed by atoms with van der Waals surface area (Å²) in [6.07, 6.45) is 0. The van der Waals surface area contributed by atoms with Crippen molar-refractivity contribution in [2.24, 2.45) is 0 Å². The molecule has 0 unspecified atom stereocenters. The maximum atomic E-state index is 10.8. The van der Waals surface area contributed by atoms with Crippen LogP contribution in [-0.2, 0) is 0 Å². The highest BCUT2D eigenvalue weighted by atomic mass is 16.6. The van der Waals surface area contributed by atoms with Gasteiger partial charge in [0.05, 0.1) is 10.5 Å². The van der Waals surface area contributed by atoms with E-state index in [1.807, 2.05) is 12.1 Å². The molecule has 73 valence electrons. The maximum Gasteiger partial charge on any atom is 0.277 e. The Morgan fingerprint density at radius 2 is 1.93 bits per heavy atom. The highest BCUT2D eigenvalue weighted by Gasteiger charge is 2.12. The van der Waals surface area contributed by atoms with Gasteiger partial charge in [-0.05, 0) is 23.8 Å². The minimum absolute atomic E-state index is 0.122. The van der Waals surface area contributed by atoms with E-state index in [-0.39, 0.29) is 10.6 Å². The van der Waals surface area contributed by atoms with Crippen molar-refractivity contribution < 1.29 is 4.92 Å². The Labute approximate surface area is 87.1 Å².